The zero-order valence-electron chi connectivity index (χ0n) is 10.6. The second-order valence-electron chi connectivity index (χ2n) is 5.60. The maximum atomic E-state index is 4.56. The van der Waals surface area contributed by atoms with E-state index in [1.54, 1.807) is 0 Å². The molecule has 1 aliphatic heterocycles. The number of rotatable bonds is 3. The van der Waals surface area contributed by atoms with Crippen LogP contribution in [0.25, 0.3) is 0 Å². The number of hydrogen-bond acceptors (Lipinski definition) is 4. The fourth-order valence-electron chi connectivity index (χ4n) is 2.86. The van der Waals surface area contributed by atoms with Crippen molar-refractivity contribution in [2.75, 3.05) is 13.1 Å². The van der Waals surface area contributed by atoms with E-state index in [2.05, 4.69) is 29.0 Å². The number of nitrogens with one attached hydrogen (secondary N) is 1. The highest BCUT2D eigenvalue weighted by Crippen LogP contribution is 2.42. The molecule has 1 N–H and O–H groups in total. The van der Waals surface area contributed by atoms with E-state index in [4.69, 9.17) is 0 Å². The Balaban J connectivity index is 1.67. The van der Waals surface area contributed by atoms with Crippen LogP contribution >= 0.6 is 11.3 Å². The summed E-state index contributed by atoms with van der Waals surface area (Å²) in [6, 6.07) is 1.21. The minimum Gasteiger partial charge on any atom is -0.309 e. The molecular weight excluding hydrogens is 230 g/mol. The number of thiazole rings is 1. The molecule has 2 atom stereocenters. The SMILES string of the molecule is CC1CN(Cc2scnc2C2CC2)CC(C)N1. The highest BCUT2D eigenvalue weighted by Gasteiger charge is 2.29. The molecule has 1 aromatic heterocycles. The predicted molar refractivity (Wildman–Crippen MR) is 71.4 cm³/mol. The minimum atomic E-state index is 0.607. The van der Waals surface area contributed by atoms with Gasteiger partial charge in [-0.05, 0) is 26.7 Å². The van der Waals surface area contributed by atoms with Gasteiger partial charge < -0.3 is 5.32 Å². The molecule has 4 heteroatoms. The zero-order chi connectivity index (χ0) is 11.8. The molecule has 2 fully saturated rings. The van der Waals surface area contributed by atoms with Crippen molar-refractivity contribution in [3.8, 4) is 0 Å². The smallest absolute Gasteiger partial charge is 0.0798 e. The highest BCUT2D eigenvalue weighted by atomic mass is 32.1. The molecular formula is C13H21N3S. The van der Waals surface area contributed by atoms with Gasteiger partial charge in [-0.15, -0.1) is 11.3 Å². The molecule has 0 aromatic carbocycles. The van der Waals surface area contributed by atoms with Crippen molar-refractivity contribution in [1.29, 1.82) is 0 Å². The Morgan fingerprint density at radius 2 is 2.06 bits per heavy atom. The standard InChI is InChI=1S/C13H21N3S/c1-9-5-16(6-10(2)15-9)7-12-13(11-3-4-11)14-8-17-12/h8-11,15H,3-7H2,1-2H3. The van der Waals surface area contributed by atoms with Gasteiger partial charge in [0.1, 0.15) is 0 Å². The van der Waals surface area contributed by atoms with Crippen molar-refractivity contribution in [2.24, 2.45) is 0 Å². The van der Waals surface area contributed by atoms with Crippen LogP contribution in [0.5, 0.6) is 0 Å². The predicted octanol–water partition coefficient (Wildman–Crippen LogP) is 2.20. The van der Waals surface area contributed by atoms with Gasteiger partial charge in [0.25, 0.3) is 0 Å². The summed E-state index contributed by atoms with van der Waals surface area (Å²) in [4.78, 5) is 8.64. The van der Waals surface area contributed by atoms with Crippen LogP contribution in [0.3, 0.4) is 0 Å². The lowest BCUT2D eigenvalue weighted by Crippen LogP contribution is -2.53. The molecule has 2 unspecified atom stereocenters. The third kappa shape index (κ3) is 2.69. The highest BCUT2D eigenvalue weighted by molar-refractivity contribution is 7.09. The first kappa shape index (κ1) is 11.6. The van der Waals surface area contributed by atoms with E-state index in [-0.39, 0.29) is 0 Å². The summed E-state index contributed by atoms with van der Waals surface area (Å²) in [5, 5.41) is 3.58. The van der Waals surface area contributed by atoms with Gasteiger partial charge in [-0.1, -0.05) is 0 Å². The molecule has 94 valence electrons. The van der Waals surface area contributed by atoms with Crippen LogP contribution in [0.2, 0.25) is 0 Å². The second kappa shape index (κ2) is 4.67. The molecule has 0 bridgehead atoms. The number of hydrogen-bond donors (Lipinski definition) is 1. The first-order valence-corrected chi connectivity index (χ1v) is 7.51. The molecule has 0 amide bonds. The summed E-state index contributed by atoms with van der Waals surface area (Å²) < 4.78 is 0. The van der Waals surface area contributed by atoms with Gasteiger partial charge in [-0.3, -0.25) is 4.90 Å². The first-order valence-electron chi connectivity index (χ1n) is 6.63. The van der Waals surface area contributed by atoms with Crippen molar-refractivity contribution >= 4 is 11.3 Å². The average Bonchev–Trinajstić information content (AvgIpc) is 2.99. The average molecular weight is 251 g/mol. The zero-order valence-corrected chi connectivity index (χ0v) is 11.5. The lowest BCUT2D eigenvalue weighted by atomic mass is 10.1. The van der Waals surface area contributed by atoms with Crippen molar-refractivity contribution in [3.63, 3.8) is 0 Å². The fourth-order valence-corrected chi connectivity index (χ4v) is 3.75. The Labute approximate surface area is 107 Å². The monoisotopic (exact) mass is 251 g/mol. The summed E-state index contributed by atoms with van der Waals surface area (Å²) in [7, 11) is 0. The van der Waals surface area contributed by atoms with Crippen LogP contribution in [-0.2, 0) is 6.54 Å². The van der Waals surface area contributed by atoms with E-state index in [1.807, 2.05) is 16.8 Å². The van der Waals surface area contributed by atoms with Crippen LogP contribution in [0.1, 0.15) is 43.2 Å². The molecule has 2 heterocycles. The van der Waals surface area contributed by atoms with Crippen LogP contribution in [-0.4, -0.2) is 35.1 Å². The number of nitrogens with zero attached hydrogens (tertiary/aromatic N) is 2. The molecule has 2 aliphatic rings. The second-order valence-corrected chi connectivity index (χ2v) is 6.54. The quantitative estimate of drug-likeness (QED) is 0.892. The molecule has 17 heavy (non-hydrogen) atoms. The third-order valence-corrected chi connectivity index (χ3v) is 4.47. The summed E-state index contributed by atoms with van der Waals surface area (Å²) in [5.74, 6) is 0.786. The topological polar surface area (TPSA) is 28.2 Å². The van der Waals surface area contributed by atoms with Gasteiger partial charge in [-0.2, -0.15) is 0 Å². The molecule has 1 aromatic rings. The Morgan fingerprint density at radius 3 is 2.71 bits per heavy atom. The molecule has 1 saturated heterocycles. The van der Waals surface area contributed by atoms with E-state index in [1.165, 1.54) is 23.4 Å². The molecule has 1 aliphatic carbocycles. The molecule has 0 radical (unpaired) electrons. The van der Waals surface area contributed by atoms with Crippen LogP contribution in [0.4, 0.5) is 0 Å². The summed E-state index contributed by atoms with van der Waals surface area (Å²) in [6.07, 6.45) is 2.70. The molecule has 3 rings (SSSR count). The lowest BCUT2D eigenvalue weighted by molar-refractivity contribution is 0.167. The number of piperazine rings is 1. The normalized spacial score (nSPS) is 30.7. The Morgan fingerprint density at radius 1 is 1.35 bits per heavy atom. The van der Waals surface area contributed by atoms with Gasteiger partial charge in [-0.25, -0.2) is 4.98 Å². The van der Waals surface area contributed by atoms with E-state index in [0.29, 0.717) is 12.1 Å². The maximum Gasteiger partial charge on any atom is 0.0798 e. The lowest BCUT2D eigenvalue weighted by Gasteiger charge is -2.36. The Bertz CT molecular complexity index is 376. The van der Waals surface area contributed by atoms with Crippen LogP contribution in [0, 0.1) is 0 Å². The number of aromatic nitrogens is 1. The maximum absolute atomic E-state index is 4.56. The van der Waals surface area contributed by atoms with Crippen molar-refractivity contribution < 1.29 is 0 Å². The summed E-state index contributed by atoms with van der Waals surface area (Å²) in [6.45, 7) is 7.97. The van der Waals surface area contributed by atoms with E-state index >= 15 is 0 Å². The van der Waals surface area contributed by atoms with E-state index in [0.717, 1.165) is 25.6 Å². The van der Waals surface area contributed by atoms with Gasteiger partial charge in [0, 0.05) is 42.5 Å². The molecule has 1 saturated carbocycles. The molecule has 0 spiro atoms. The Hall–Kier alpha value is -0.450. The summed E-state index contributed by atoms with van der Waals surface area (Å²) in [5.41, 5.74) is 3.42. The van der Waals surface area contributed by atoms with Crippen molar-refractivity contribution in [2.45, 2.75) is 51.2 Å². The summed E-state index contributed by atoms with van der Waals surface area (Å²) >= 11 is 1.84. The van der Waals surface area contributed by atoms with Crippen LogP contribution < -0.4 is 5.32 Å². The fraction of sp³-hybridized carbons (Fsp3) is 0.769. The van der Waals surface area contributed by atoms with E-state index < -0.39 is 0 Å². The van der Waals surface area contributed by atoms with Crippen LogP contribution in [0.15, 0.2) is 5.51 Å². The van der Waals surface area contributed by atoms with Gasteiger partial charge >= 0.3 is 0 Å². The largest absolute Gasteiger partial charge is 0.309 e. The first-order chi connectivity index (χ1) is 8.22. The van der Waals surface area contributed by atoms with Gasteiger partial charge in [0.2, 0.25) is 0 Å². The van der Waals surface area contributed by atoms with Crippen molar-refractivity contribution in [1.82, 2.24) is 15.2 Å². The minimum absolute atomic E-state index is 0.607. The van der Waals surface area contributed by atoms with Crippen molar-refractivity contribution in [3.05, 3.63) is 16.1 Å². The molecule has 3 nitrogen and oxygen atoms in total. The van der Waals surface area contributed by atoms with E-state index in [9.17, 15) is 0 Å². The Kier molecular flexibility index (Phi) is 3.19. The van der Waals surface area contributed by atoms with Gasteiger partial charge in [0.15, 0.2) is 0 Å². The third-order valence-electron chi connectivity index (χ3n) is 3.64. The van der Waals surface area contributed by atoms with Gasteiger partial charge in [0.05, 0.1) is 11.2 Å².